The van der Waals surface area contributed by atoms with Crippen molar-refractivity contribution in [1.82, 2.24) is 15.5 Å². The molecule has 2 aliphatic rings. The zero-order valence-electron chi connectivity index (χ0n) is 14.2. The van der Waals surface area contributed by atoms with Gasteiger partial charge in [-0.05, 0) is 64.6 Å². The van der Waals surface area contributed by atoms with Crippen LogP contribution in [0.3, 0.4) is 0 Å². The number of piperidine rings is 1. The van der Waals surface area contributed by atoms with E-state index in [1.807, 2.05) is 0 Å². The van der Waals surface area contributed by atoms with Gasteiger partial charge in [0.1, 0.15) is 0 Å². The largest absolute Gasteiger partial charge is 0.355 e. The van der Waals surface area contributed by atoms with E-state index in [1.165, 1.54) is 19.4 Å². The van der Waals surface area contributed by atoms with Crippen molar-refractivity contribution < 1.29 is 4.79 Å². The first-order valence-corrected chi connectivity index (χ1v) is 8.64. The molecule has 2 N–H and O–H groups in total. The summed E-state index contributed by atoms with van der Waals surface area (Å²) in [7, 11) is 0. The maximum absolute atomic E-state index is 12.6. The number of amides is 1. The molecule has 2 rings (SSSR count). The van der Waals surface area contributed by atoms with Gasteiger partial charge in [0.05, 0.1) is 0 Å². The molecule has 4 heteroatoms. The lowest BCUT2D eigenvalue weighted by atomic mass is 9.74. The average Bonchev–Trinajstić information content (AvgIpc) is 2.94. The second-order valence-electron chi connectivity index (χ2n) is 7.72. The third kappa shape index (κ3) is 4.19. The fourth-order valence-corrected chi connectivity index (χ4v) is 3.62. The molecule has 1 amide bonds. The van der Waals surface area contributed by atoms with E-state index in [4.69, 9.17) is 0 Å². The van der Waals surface area contributed by atoms with Gasteiger partial charge >= 0.3 is 0 Å². The van der Waals surface area contributed by atoms with Crippen LogP contribution < -0.4 is 10.6 Å². The fourth-order valence-electron chi connectivity index (χ4n) is 3.62. The summed E-state index contributed by atoms with van der Waals surface area (Å²) in [5.41, 5.74) is -0.260. The molecule has 2 fully saturated rings. The first-order valence-electron chi connectivity index (χ1n) is 8.64. The van der Waals surface area contributed by atoms with Crippen molar-refractivity contribution in [2.75, 3.05) is 32.7 Å². The Morgan fingerprint density at radius 3 is 2.71 bits per heavy atom. The summed E-state index contributed by atoms with van der Waals surface area (Å²) in [6, 6.07) is 0.621. The average molecular weight is 295 g/mol. The molecule has 0 aromatic rings. The Morgan fingerprint density at radius 1 is 1.38 bits per heavy atom. The first kappa shape index (κ1) is 16.8. The molecule has 0 aliphatic carbocycles. The number of carbonyl (C=O) groups excluding carboxylic acids is 1. The van der Waals surface area contributed by atoms with Crippen LogP contribution in [0.25, 0.3) is 0 Å². The normalized spacial score (nSPS) is 28.0. The Bertz CT molecular complexity index is 348. The van der Waals surface area contributed by atoms with Gasteiger partial charge in [-0.1, -0.05) is 13.8 Å². The van der Waals surface area contributed by atoms with E-state index in [9.17, 15) is 4.79 Å². The summed E-state index contributed by atoms with van der Waals surface area (Å²) < 4.78 is 0. The SMILES string of the molecule is CC(C)N1CCC(CNC(=O)C(C)(C)C2CCCNC2)C1. The number of hydrogen-bond acceptors (Lipinski definition) is 3. The van der Waals surface area contributed by atoms with Crippen molar-refractivity contribution in [2.45, 2.75) is 53.0 Å². The standard InChI is InChI=1S/C17H33N3O/c1-13(2)20-9-7-14(12-20)10-19-16(21)17(3,4)15-6-5-8-18-11-15/h13-15,18H,5-12H2,1-4H3,(H,19,21). The highest BCUT2D eigenvalue weighted by Gasteiger charge is 2.37. The van der Waals surface area contributed by atoms with E-state index in [2.05, 4.69) is 43.2 Å². The Kier molecular flexibility index (Phi) is 5.67. The second kappa shape index (κ2) is 7.10. The Balaban J connectivity index is 1.78. The molecule has 4 nitrogen and oxygen atoms in total. The molecule has 2 unspecified atom stereocenters. The predicted octanol–water partition coefficient (Wildman–Crippen LogP) is 1.86. The minimum atomic E-state index is -0.260. The lowest BCUT2D eigenvalue weighted by Gasteiger charge is -2.36. The Labute approximate surface area is 130 Å². The maximum Gasteiger partial charge on any atom is 0.225 e. The zero-order chi connectivity index (χ0) is 15.5. The van der Waals surface area contributed by atoms with Gasteiger partial charge in [0.15, 0.2) is 0 Å². The Morgan fingerprint density at radius 2 is 2.14 bits per heavy atom. The molecule has 0 saturated carbocycles. The monoisotopic (exact) mass is 295 g/mol. The van der Waals surface area contributed by atoms with Crippen molar-refractivity contribution in [2.24, 2.45) is 17.3 Å². The molecule has 0 aromatic heterocycles. The molecule has 122 valence electrons. The molecular formula is C17H33N3O. The quantitative estimate of drug-likeness (QED) is 0.814. The van der Waals surface area contributed by atoms with Crippen LogP contribution in [0.5, 0.6) is 0 Å². The van der Waals surface area contributed by atoms with E-state index in [-0.39, 0.29) is 11.3 Å². The van der Waals surface area contributed by atoms with Crippen molar-refractivity contribution in [3.05, 3.63) is 0 Å². The van der Waals surface area contributed by atoms with Gasteiger partial charge in [-0.15, -0.1) is 0 Å². The summed E-state index contributed by atoms with van der Waals surface area (Å²) in [6.07, 6.45) is 3.56. The molecule has 0 bridgehead atoms. The van der Waals surface area contributed by atoms with Gasteiger partial charge in [0.25, 0.3) is 0 Å². The van der Waals surface area contributed by atoms with Crippen LogP contribution in [0.4, 0.5) is 0 Å². The molecule has 2 saturated heterocycles. The lowest BCUT2D eigenvalue weighted by Crippen LogP contribution is -2.48. The topological polar surface area (TPSA) is 44.4 Å². The molecule has 2 aliphatic heterocycles. The highest BCUT2D eigenvalue weighted by molar-refractivity contribution is 5.82. The van der Waals surface area contributed by atoms with E-state index >= 15 is 0 Å². The van der Waals surface area contributed by atoms with Crippen LogP contribution in [0.1, 0.15) is 47.0 Å². The smallest absolute Gasteiger partial charge is 0.225 e. The number of nitrogens with zero attached hydrogens (tertiary/aromatic N) is 1. The Hall–Kier alpha value is -0.610. The summed E-state index contributed by atoms with van der Waals surface area (Å²) >= 11 is 0. The molecule has 21 heavy (non-hydrogen) atoms. The fraction of sp³-hybridized carbons (Fsp3) is 0.941. The number of carbonyl (C=O) groups is 1. The van der Waals surface area contributed by atoms with Crippen LogP contribution >= 0.6 is 0 Å². The van der Waals surface area contributed by atoms with Crippen molar-refractivity contribution in [3.8, 4) is 0 Å². The predicted molar refractivity (Wildman–Crippen MR) is 87.2 cm³/mol. The third-order valence-electron chi connectivity index (χ3n) is 5.50. The minimum Gasteiger partial charge on any atom is -0.355 e. The maximum atomic E-state index is 12.6. The summed E-state index contributed by atoms with van der Waals surface area (Å²) in [6.45, 7) is 13.9. The third-order valence-corrected chi connectivity index (χ3v) is 5.50. The highest BCUT2D eigenvalue weighted by Crippen LogP contribution is 2.32. The molecule has 2 heterocycles. The van der Waals surface area contributed by atoms with Gasteiger partial charge in [-0.3, -0.25) is 4.79 Å². The van der Waals surface area contributed by atoms with E-state index < -0.39 is 0 Å². The summed E-state index contributed by atoms with van der Waals surface area (Å²) in [5, 5.41) is 6.65. The number of nitrogens with one attached hydrogen (secondary N) is 2. The van der Waals surface area contributed by atoms with E-state index in [0.29, 0.717) is 17.9 Å². The number of hydrogen-bond donors (Lipinski definition) is 2. The summed E-state index contributed by atoms with van der Waals surface area (Å²) in [4.78, 5) is 15.1. The molecule has 0 spiro atoms. The molecule has 2 atom stereocenters. The second-order valence-corrected chi connectivity index (χ2v) is 7.72. The molecular weight excluding hydrogens is 262 g/mol. The summed E-state index contributed by atoms with van der Waals surface area (Å²) in [5.74, 6) is 1.32. The minimum absolute atomic E-state index is 0.235. The zero-order valence-corrected chi connectivity index (χ0v) is 14.2. The van der Waals surface area contributed by atoms with Crippen molar-refractivity contribution >= 4 is 5.91 Å². The van der Waals surface area contributed by atoms with Crippen LogP contribution in [0.15, 0.2) is 0 Å². The number of rotatable bonds is 5. The van der Waals surface area contributed by atoms with Crippen molar-refractivity contribution in [3.63, 3.8) is 0 Å². The molecule has 0 aromatic carbocycles. The molecule has 0 radical (unpaired) electrons. The van der Waals surface area contributed by atoms with Crippen LogP contribution in [0, 0.1) is 17.3 Å². The van der Waals surface area contributed by atoms with E-state index in [0.717, 1.165) is 32.6 Å². The van der Waals surface area contributed by atoms with Gasteiger partial charge in [-0.25, -0.2) is 0 Å². The first-order chi connectivity index (χ1) is 9.91. The van der Waals surface area contributed by atoms with Gasteiger partial charge in [0.2, 0.25) is 5.91 Å². The van der Waals surface area contributed by atoms with Crippen molar-refractivity contribution in [1.29, 1.82) is 0 Å². The van der Waals surface area contributed by atoms with Crippen LogP contribution in [0.2, 0.25) is 0 Å². The highest BCUT2D eigenvalue weighted by atomic mass is 16.2. The van der Waals surface area contributed by atoms with Crippen LogP contribution in [-0.4, -0.2) is 49.6 Å². The number of likely N-dealkylation sites (tertiary alicyclic amines) is 1. The van der Waals surface area contributed by atoms with Gasteiger partial charge < -0.3 is 15.5 Å². The van der Waals surface area contributed by atoms with Gasteiger partial charge in [0, 0.05) is 24.5 Å². The lowest BCUT2D eigenvalue weighted by molar-refractivity contribution is -0.132. The van der Waals surface area contributed by atoms with Crippen LogP contribution in [-0.2, 0) is 4.79 Å². The van der Waals surface area contributed by atoms with E-state index in [1.54, 1.807) is 0 Å². The van der Waals surface area contributed by atoms with Gasteiger partial charge in [-0.2, -0.15) is 0 Å².